The number of hydrogen-bond donors (Lipinski definition) is 1. The van der Waals surface area contributed by atoms with E-state index in [0.29, 0.717) is 30.3 Å². The van der Waals surface area contributed by atoms with Crippen molar-refractivity contribution in [3.8, 4) is 0 Å². The molecule has 0 bridgehead atoms. The molecule has 2 N–H and O–H groups in total. The third-order valence-corrected chi connectivity index (χ3v) is 4.75. The van der Waals surface area contributed by atoms with Crippen LogP contribution >= 0.6 is 0 Å². The number of carbonyl (C=O) groups is 1. The summed E-state index contributed by atoms with van der Waals surface area (Å²) in [6.07, 6.45) is -0.871. The number of piperidine rings is 1. The molecule has 1 aromatic carbocycles. The Balaban J connectivity index is 1.53. The van der Waals surface area contributed by atoms with Gasteiger partial charge in [-0.2, -0.15) is 18.2 Å². The fraction of sp³-hybridized carbons (Fsp3) is 0.500. The molecule has 9 heteroatoms. The number of primary amides is 1. The summed E-state index contributed by atoms with van der Waals surface area (Å²) < 4.78 is 43.5. The summed E-state index contributed by atoms with van der Waals surface area (Å²) in [4.78, 5) is 17.1. The zero-order valence-electron chi connectivity index (χ0n) is 14.7. The SMILES string of the molecule is NC(=O)c1noc(CN2CCC[C@@H](CCc3cccc(C(F)(F)F)c3)C2)n1. The van der Waals surface area contributed by atoms with Crippen molar-refractivity contribution in [1.82, 2.24) is 15.0 Å². The van der Waals surface area contributed by atoms with Crippen LogP contribution < -0.4 is 5.73 Å². The number of likely N-dealkylation sites (tertiary alicyclic amines) is 1. The van der Waals surface area contributed by atoms with Gasteiger partial charge in [0.15, 0.2) is 0 Å². The lowest BCUT2D eigenvalue weighted by molar-refractivity contribution is -0.137. The number of amides is 1. The van der Waals surface area contributed by atoms with E-state index in [0.717, 1.165) is 38.4 Å². The van der Waals surface area contributed by atoms with E-state index in [4.69, 9.17) is 10.3 Å². The van der Waals surface area contributed by atoms with Crippen LogP contribution in [-0.4, -0.2) is 34.0 Å². The summed E-state index contributed by atoms with van der Waals surface area (Å²) in [5.74, 6) is -0.153. The minimum atomic E-state index is -4.31. The van der Waals surface area contributed by atoms with Gasteiger partial charge in [-0.3, -0.25) is 9.69 Å². The highest BCUT2D eigenvalue weighted by atomic mass is 19.4. The molecule has 0 spiro atoms. The highest BCUT2D eigenvalue weighted by molar-refractivity contribution is 5.88. The largest absolute Gasteiger partial charge is 0.416 e. The van der Waals surface area contributed by atoms with E-state index in [1.807, 2.05) is 0 Å². The third kappa shape index (κ3) is 5.29. The molecular weight excluding hydrogens is 361 g/mol. The molecule has 2 heterocycles. The van der Waals surface area contributed by atoms with Crippen LogP contribution in [0.4, 0.5) is 13.2 Å². The monoisotopic (exact) mass is 382 g/mol. The number of hydrogen-bond acceptors (Lipinski definition) is 5. The van der Waals surface area contributed by atoms with Crippen molar-refractivity contribution < 1.29 is 22.5 Å². The number of aryl methyl sites for hydroxylation is 1. The van der Waals surface area contributed by atoms with Crippen molar-refractivity contribution in [2.24, 2.45) is 11.7 Å². The molecule has 0 unspecified atom stereocenters. The lowest BCUT2D eigenvalue weighted by Gasteiger charge is -2.31. The molecule has 0 radical (unpaired) electrons. The molecule has 6 nitrogen and oxygen atoms in total. The Kier molecular flexibility index (Phi) is 5.79. The number of alkyl halides is 3. The molecule has 1 amide bonds. The Labute approximate surface area is 154 Å². The highest BCUT2D eigenvalue weighted by Gasteiger charge is 2.30. The van der Waals surface area contributed by atoms with E-state index in [1.54, 1.807) is 6.07 Å². The standard InChI is InChI=1S/C18H21F3N4O2/c19-18(20,21)14-5-1-3-12(9-14)6-7-13-4-2-8-25(10-13)11-15-23-17(16(22)26)24-27-15/h1,3,5,9,13H,2,4,6-8,10-11H2,(H2,22,26)/t13-/m0/s1. The Morgan fingerprint density at radius 3 is 2.89 bits per heavy atom. The molecule has 1 atom stereocenters. The van der Waals surface area contributed by atoms with Crippen LogP contribution in [0.5, 0.6) is 0 Å². The maximum Gasteiger partial charge on any atom is 0.416 e. The number of benzene rings is 1. The molecule has 27 heavy (non-hydrogen) atoms. The first kappa shape index (κ1) is 19.3. The number of aromatic nitrogens is 2. The molecule has 1 aliphatic heterocycles. The summed E-state index contributed by atoms with van der Waals surface area (Å²) >= 11 is 0. The van der Waals surface area contributed by atoms with Gasteiger partial charge in [0, 0.05) is 6.54 Å². The second-order valence-corrected chi connectivity index (χ2v) is 6.86. The fourth-order valence-electron chi connectivity index (χ4n) is 3.41. The van der Waals surface area contributed by atoms with Crippen LogP contribution in [0.1, 0.15) is 46.9 Å². The van der Waals surface area contributed by atoms with Gasteiger partial charge >= 0.3 is 6.18 Å². The molecular formula is C18H21F3N4O2. The predicted octanol–water partition coefficient (Wildman–Crippen LogP) is 3.03. The molecule has 1 fully saturated rings. The lowest BCUT2D eigenvalue weighted by atomic mass is 9.91. The van der Waals surface area contributed by atoms with Gasteiger partial charge in [0.05, 0.1) is 12.1 Å². The van der Waals surface area contributed by atoms with E-state index < -0.39 is 17.6 Å². The summed E-state index contributed by atoms with van der Waals surface area (Å²) in [6, 6.07) is 5.51. The van der Waals surface area contributed by atoms with Gasteiger partial charge in [0.1, 0.15) is 0 Å². The summed E-state index contributed by atoms with van der Waals surface area (Å²) in [6.45, 7) is 2.10. The van der Waals surface area contributed by atoms with Crippen molar-refractivity contribution >= 4 is 5.91 Å². The van der Waals surface area contributed by atoms with Gasteiger partial charge in [0.2, 0.25) is 5.89 Å². The van der Waals surface area contributed by atoms with Gasteiger partial charge in [-0.15, -0.1) is 0 Å². The van der Waals surface area contributed by atoms with Crippen LogP contribution in [0.15, 0.2) is 28.8 Å². The molecule has 0 aliphatic carbocycles. The van der Waals surface area contributed by atoms with Crippen LogP contribution in [0, 0.1) is 5.92 Å². The Morgan fingerprint density at radius 1 is 1.37 bits per heavy atom. The van der Waals surface area contributed by atoms with E-state index in [9.17, 15) is 18.0 Å². The van der Waals surface area contributed by atoms with Crippen molar-refractivity contribution in [1.29, 1.82) is 0 Å². The van der Waals surface area contributed by atoms with Crippen molar-refractivity contribution in [3.63, 3.8) is 0 Å². The quantitative estimate of drug-likeness (QED) is 0.830. The lowest BCUT2D eigenvalue weighted by Crippen LogP contribution is -2.35. The normalized spacial score (nSPS) is 18.6. The molecule has 1 saturated heterocycles. The maximum absolute atomic E-state index is 12.8. The average Bonchev–Trinajstić information content (AvgIpc) is 3.09. The number of carbonyl (C=O) groups excluding carboxylic acids is 1. The van der Waals surface area contributed by atoms with E-state index in [1.165, 1.54) is 12.1 Å². The molecule has 1 aromatic heterocycles. The first-order valence-electron chi connectivity index (χ1n) is 8.82. The number of halogens is 3. The highest BCUT2D eigenvalue weighted by Crippen LogP contribution is 2.30. The number of rotatable bonds is 6. The molecule has 0 saturated carbocycles. The van der Waals surface area contributed by atoms with Gasteiger partial charge in [0.25, 0.3) is 11.7 Å². The second-order valence-electron chi connectivity index (χ2n) is 6.86. The van der Waals surface area contributed by atoms with Crippen LogP contribution in [0.3, 0.4) is 0 Å². The minimum Gasteiger partial charge on any atom is -0.363 e. The van der Waals surface area contributed by atoms with Crippen molar-refractivity contribution in [2.75, 3.05) is 13.1 Å². The number of nitrogens with two attached hydrogens (primary N) is 1. The van der Waals surface area contributed by atoms with E-state index >= 15 is 0 Å². The molecule has 1 aliphatic rings. The van der Waals surface area contributed by atoms with Crippen LogP contribution in [-0.2, 0) is 19.1 Å². The first-order valence-corrected chi connectivity index (χ1v) is 8.82. The Morgan fingerprint density at radius 2 is 2.19 bits per heavy atom. The van der Waals surface area contributed by atoms with Gasteiger partial charge in [-0.25, -0.2) is 0 Å². The Hall–Kier alpha value is -2.42. The maximum atomic E-state index is 12.8. The molecule has 2 aromatic rings. The fourth-order valence-corrected chi connectivity index (χ4v) is 3.41. The van der Waals surface area contributed by atoms with Gasteiger partial charge in [-0.1, -0.05) is 23.4 Å². The second kappa shape index (κ2) is 8.08. The summed E-state index contributed by atoms with van der Waals surface area (Å²) in [7, 11) is 0. The Bertz CT molecular complexity index is 791. The van der Waals surface area contributed by atoms with E-state index in [2.05, 4.69) is 15.0 Å². The summed E-state index contributed by atoms with van der Waals surface area (Å²) in [5.41, 5.74) is 5.20. The minimum absolute atomic E-state index is 0.136. The zero-order valence-corrected chi connectivity index (χ0v) is 14.7. The predicted molar refractivity (Wildman–Crippen MR) is 90.6 cm³/mol. The summed E-state index contributed by atoms with van der Waals surface area (Å²) in [5, 5.41) is 3.53. The topological polar surface area (TPSA) is 85.2 Å². The van der Waals surface area contributed by atoms with Gasteiger partial charge < -0.3 is 10.3 Å². The van der Waals surface area contributed by atoms with Crippen LogP contribution in [0.25, 0.3) is 0 Å². The molecule has 146 valence electrons. The first-order chi connectivity index (χ1) is 12.8. The third-order valence-electron chi connectivity index (χ3n) is 4.75. The zero-order chi connectivity index (χ0) is 19.4. The van der Waals surface area contributed by atoms with E-state index in [-0.39, 0.29) is 5.82 Å². The number of nitrogens with zero attached hydrogens (tertiary/aromatic N) is 3. The van der Waals surface area contributed by atoms with Crippen LogP contribution in [0.2, 0.25) is 0 Å². The smallest absolute Gasteiger partial charge is 0.363 e. The molecule has 3 rings (SSSR count). The van der Waals surface area contributed by atoms with Crippen molar-refractivity contribution in [2.45, 2.75) is 38.4 Å². The van der Waals surface area contributed by atoms with Gasteiger partial charge in [-0.05, 0) is 49.8 Å². The van der Waals surface area contributed by atoms with Crippen molar-refractivity contribution in [3.05, 3.63) is 47.1 Å². The average molecular weight is 382 g/mol.